The molecule has 0 aliphatic carbocycles. The molecule has 2 aromatic rings. The van der Waals surface area contributed by atoms with Crippen LogP contribution in [0, 0.1) is 9.16 Å². The summed E-state index contributed by atoms with van der Waals surface area (Å²) in [5.74, 6) is 0. The summed E-state index contributed by atoms with van der Waals surface area (Å²) < 4.78 is 1.08. The van der Waals surface area contributed by atoms with Crippen LogP contribution in [-0.4, -0.2) is 4.73 Å². The molecule has 0 bridgehead atoms. The van der Waals surface area contributed by atoms with Gasteiger partial charge in [-0.1, -0.05) is 23.7 Å². The van der Waals surface area contributed by atoms with Gasteiger partial charge in [0.1, 0.15) is 0 Å². The molecule has 0 saturated heterocycles. The van der Waals surface area contributed by atoms with E-state index >= 15 is 0 Å². The molecule has 0 fully saturated rings. The first-order chi connectivity index (χ1) is 6.68. The van der Waals surface area contributed by atoms with Crippen molar-refractivity contribution in [1.82, 2.24) is 4.73 Å². The van der Waals surface area contributed by atoms with Gasteiger partial charge in [-0.05, 0) is 29.9 Å². The van der Waals surface area contributed by atoms with Crippen molar-refractivity contribution in [2.24, 2.45) is 0 Å². The van der Waals surface area contributed by atoms with Crippen LogP contribution in [0.2, 0.25) is 5.02 Å². The zero-order chi connectivity index (χ0) is 10.1. The summed E-state index contributed by atoms with van der Waals surface area (Å²) in [6.07, 6.45) is 0. The normalized spacial score (nSPS) is 10.4. The van der Waals surface area contributed by atoms with Crippen molar-refractivity contribution in [2.75, 3.05) is 0 Å². The summed E-state index contributed by atoms with van der Waals surface area (Å²) >= 11 is 11.8. The van der Waals surface area contributed by atoms with E-state index in [0.717, 1.165) is 10.3 Å². The molecular weight excluding hydrogens is 238 g/mol. The molecule has 0 aliphatic heterocycles. The molecule has 14 heavy (non-hydrogen) atoms. The highest BCUT2D eigenvalue weighted by Crippen LogP contribution is 2.24. The van der Waals surface area contributed by atoms with Crippen molar-refractivity contribution in [3.63, 3.8) is 0 Å². The third kappa shape index (κ3) is 1.68. The Balaban J connectivity index is 2.55. The minimum Gasteiger partial charge on any atom is -0.804 e. The molecule has 0 aliphatic rings. The van der Waals surface area contributed by atoms with Gasteiger partial charge in [-0.3, -0.25) is 0 Å². The molecule has 1 heterocycles. The van der Waals surface area contributed by atoms with Crippen LogP contribution >= 0.6 is 35.2 Å². The van der Waals surface area contributed by atoms with E-state index in [2.05, 4.69) is 0 Å². The lowest BCUT2D eigenvalue weighted by Gasteiger charge is -2.11. The lowest BCUT2D eigenvalue weighted by molar-refractivity contribution is 1.10. The Morgan fingerprint density at radius 1 is 1.29 bits per heavy atom. The van der Waals surface area contributed by atoms with E-state index in [9.17, 15) is 5.21 Å². The fraction of sp³-hybridized carbons (Fsp3) is 0. The maximum atomic E-state index is 11.4. The molecular formula is C9H5ClNOS2-. The minimum atomic E-state index is 0.329. The molecule has 0 unspecified atom stereocenters. The first-order valence-corrected chi connectivity index (χ1v) is 5.49. The monoisotopic (exact) mass is 242 g/mol. The van der Waals surface area contributed by atoms with Crippen LogP contribution in [0.25, 0.3) is 11.3 Å². The highest BCUT2D eigenvalue weighted by molar-refractivity contribution is 7.73. The second kappa shape index (κ2) is 3.73. The third-order valence-corrected chi connectivity index (χ3v) is 3.21. The first-order valence-electron chi connectivity index (χ1n) is 3.82. The van der Waals surface area contributed by atoms with Gasteiger partial charge in [0.15, 0.2) is 3.95 Å². The first kappa shape index (κ1) is 9.71. The Morgan fingerprint density at radius 3 is 2.43 bits per heavy atom. The van der Waals surface area contributed by atoms with Crippen molar-refractivity contribution >= 4 is 35.2 Å². The number of aromatic nitrogens is 1. The standard InChI is InChI=1S/C9H5ClNOS2/c10-7-3-1-6(2-4-7)8-5-14-9(13)11(8)12/h1-5H/q-1. The lowest BCUT2D eigenvalue weighted by atomic mass is 10.2. The van der Waals surface area contributed by atoms with Gasteiger partial charge in [0, 0.05) is 10.4 Å². The van der Waals surface area contributed by atoms with Crippen molar-refractivity contribution in [2.45, 2.75) is 0 Å². The number of hydrogen-bond acceptors (Lipinski definition) is 3. The Labute approximate surface area is 95.0 Å². The molecule has 0 spiro atoms. The second-order valence-corrected chi connectivity index (χ2v) is 4.63. The van der Waals surface area contributed by atoms with Crippen LogP contribution < -0.4 is 0 Å². The largest absolute Gasteiger partial charge is 0.804 e. The lowest BCUT2D eigenvalue weighted by Crippen LogP contribution is -1.88. The van der Waals surface area contributed by atoms with Gasteiger partial charge in [-0.25, -0.2) is 0 Å². The van der Waals surface area contributed by atoms with Gasteiger partial charge < -0.3 is 9.94 Å². The van der Waals surface area contributed by atoms with Gasteiger partial charge in [0.25, 0.3) is 0 Å². The SMILES string of the molecule is [O-]n1c(-c2ccc(Cl)cc2)csc1=S. The van der Waals surface area contributed by atoms with E-state index in [1.54, 1.807) is 29.6 Å². The topological polar surface area (TPSA) is 28.0 Å². The smallest absolute Gasteiger partial charge is 0.156 e. The van der Waals surface area contributed by atoms with Gasteiger partial charge in [-0.15, -0.1) is 11.3 Å². The molecule has 5 heteroatoms. The highest BCUT2D eigenvalue weighted by atomic mass is 35.5. The van der Waals surface area contributed by atoms with Crippen molar-refractivity contribution in [3.8, 4) is 11.3 Å². The number of nitrogens with zero attached hydrogens (tertiary/aromatic N) is 1. The molecule has 0 N–H and O–H groups in total. The molecule has 2 rings (SSSR count). The van der Waals surface area contributed by atoms with Crippen LogP contribution in [0.4, 0.5) is 0 Å². The van der Waals surface area contributed by atoms with Crippen molar-refractivity contribution in [3.05, 3.63) is 43.8 Å². The maximum Gasteiger partial charge on any atom is 0.156 e. The third-order valence-electron chi connectivity index (χ3n) is 1.80. The van der Waals surface area contributed by atoms with Crippen LogP contribution in [0.15, 0.2) is 29.6 Å². The van der Waals surface area contributed by atoms with Gasteiger partial charge in [0.2, 0.25) is 0 Å². The van der Waals surface area contributed by atoms with E-state index in [0.29, 0.717) is 14.7 Å². The Kier molecular flexibility index (Phi) is 2.58. The fourth-order valence-corrected chi connectivity index (χ4v) is 2.11. The van der Waals surface area contributed by atoms with Gasteiger partial charge in [0.05, 0.1) is 5.69 Å². The van der Waals surface area contributed by atoms with Crippen molar-refractivity contribution < 1.29 is 0 Å². The molecule has 2 nitrogen and oxygen atoms in total. The molecule has 0 saturated carbocycles. The quantitative estimate of drug-likeness (QED) is 0.709. The summed E-state index contributed by atoms with van der Waals surface area (Å²) in [6, 6.07) is 7.09. The van der Waals surface area contributed by atoms with E-state index in [1.807, 2.05) is 0 Å². The predicted octanol–water partition coefficient (Wildman–Crippen LogP) is 3.95. The Morgan fingerprint density at radius 2 is 1.93 bits per heavy atom. The Bertz CT molecular complexity index is 500. The Hall–Kier alpha value is -0.840. The summed E-state index contributed by atoms with van der Waals surface area (Å²) in [7, 11) is 0. The summed E-state index contributed by atoms with van der Waals surface area (Å²) in [5, 5.41) is 13.8. The molecule has 0 amide bonds. The van der Waals surface area contributed by atoms with E-state index < -0.39 is 0 Å². The van der Waals surface area contributed by atoms with E-state index in [4.69, 9.17) is 23.8 Å². The number of thiazole rings is 1. The molecule has 0 atom stereocenters. The van der Waals surface area contributed by atoms with Crippen LogP contribution in [0.1, 0.15) is 0 Å². The molecule has 1 aromatic heterocycles. The zero-order valence-corrected chi connectivity index (χ0v) is 9.33. The van der Waals surface area contributed by atoms with Crippen LogP contribution in [-0.2, 0) is 0 Å². The average Bonchev–Trinajstić information content (AvgIpc) is 2.50. The number of halogens is 1. The van der Waals surface area contributed by atoms with Crippen LogP contribution in [0.5, 0.6) is 0 Å². The summed E-state index contributed by atoms with van der Waals surface area (Å²) in [5.41, 5.74) is 1.41. The van der Waals surface area contributed by atoms with Gasteiger partial charge >= 0.3 is 0 Å². The fourth-order valence-electron chi connectivity index (χ4n) is 1.11. The number of hydrogen-bond donors (Lipinski definition) is 0. The summed E-state index contributed by atoms with van der Waals surface area (Å²) in [4.78, 5) is 0. The molecule has 72 valence electrons. The predicted molar refractivity (Wildman–Crippen MR) is 62.4 cm³/mol. The van der Waals surface area contributed by atoms with Crippen molar-refractivity contribution in [1.29, 1.82) is 0 Å². The highest BCUT2D eigenvalue weighted by Gasteiger charge is 2.00. The molecule has 1 aromatic carbocycles. The summed E-state index contributed by atoms with van der Waals surface area (Å²) in [6.45, 7) is 0. The number of benzene rings is 1. The maximum absolute atomic E-state index is 11.4. The van der Waals surface area contributed by atoms with E-state index in [-0.39, 0.29) is 0 Å². The second-order valence-electron chi connectivity index (χ2n) is 2.69. The van der Waals surface area contributed by atoms with Crippen LogP contribution in [0.3, 0.4) is 0 Å². The minimum absolute atomic E-state index is 0.329. The zero-order valence-electron chi connectivity index (χ0n) is 6.94. The molecule has 0 radical (unpaired) electrons. The average molecular weight is 243 g/mol. The van der Waals surface area contributed by atoms with Gasteiger partial charge in [-0.2, -0.15) is 0 Å². The number of rotatable bonds is 1. The van der Waals surface area contributed by atoms with E-state index in [1.165, 1.54) is 11.3 Å².